The van der Waals surface area contributed by atoms with E-state index in [0.717, 1.165) is 34.5 Å². The zero-order valence-electron chi connectivity index (χ0n) is 12.4. The first kappa shape index (κ1) is 15.4. The molecule has 3 heterocycles. The van der Waals surface area contributed by atoms with Crippen LogP contribution in [0.3, 0.4) is 0 Å². The number of amidine groups is 1. The number of nitrogens with zero attached hydrogens (tertiary/aromatic N) is 4. The van der Waals surface area contributed by atoms with Crippen LogP contribution in [0.25, 0.3) is 0 Å². The Labute approximate surface area is 137 Å². The van der Waals surface area contributed by atoms with Gasteiger partial charge in [0, 0.05) is 36.1 Å². The highest BCUT2D eigenvalue weighted by molar-refractivity contribution is 9.11. The van der Waals surface area contributed by atoms with Crippen molar-refractivity contribution in [3.63, 3.8) is 0 Å². The maximum Gasteiger partial charge on any atom is 0.158 e. The van der Waals surface area contributed by atoms with Crippen LogP contribution < -0.4 is 5.73 Å². The molecule has 0 atom stereocenters. The van der Waals surface area contributed by atoms with Gasteiger partial charge < -0.3 is 10.5 Å². The number of fused-ring (bicyclic) bond motifs is 1. The van der Waals surface area contributed by atoms with Gasteiger partial charge in [-0.1, -0.05) is 15.9 Å². The summed E-state index contributed by atoms with van der Waals surface area (Å²) in [5.74, 6) is 0.458. The van der Waals surface area contributed by atoms with Crippen molar-refractivity contribution < 1.29 is 9.53 Å². The maximum absolute atomic E-state index is 12.1. The number of aliphatic imine (C=N–C) groups is 1. The lowest BCUT2D eigenvalue weighted by Gasteiger charge is -2.36. The summed E-state index contributed by atoms with van der Waals surface area (Å²) in [6.07, 6.45) is 1.94. The molecule has 3 aliphatic rings. The summed E-state index contributed by atoms with van der Waals surface area (Å²) in [5, 5.41) is 6.05. The monoisotopic (exact) mass is 367 g/mol. The first-order valence-electron chi connectivity index (χ1n) is 7.16. The van der Waals surface area contributed by atoms with Gasteiger partial charge in [0.15, 0.2) is 11.6 Å². The average molecular weight is 368 g/mol. The first-order valence-corrected chi connectivity index (χ1v) is 7.95. The highest BCUT2D eigenvalue weighted by Crippen LogP contribution is 2.36. The van der Waals surface area contributed by atoms with E-state index in [2.05, 4.69) is 30.9 Å². The third kappa shape index (κ3) is 2.86. The predicted molar refractivity (Wildman–Crippen MR) is 87.5 cm³/mol. The van der Waals surface area contributed by atoms with Gasteiger partial charge in [-0.2, -0.15) is 5.10 Å². The zero-order valence-corrected chi connectivity index (χ0v) is 14.0. The lowest BCUT2D eigenvalue weighted by atomic mass is 10.00. The molecule has 22 heavy (non-hydrogen) atoms. The SMILES string of the molecule is CC(=O)C1=C(CN2CCOCC2)N2N=CN=C(N)C2=C(Br)C1. The smallest absolute Gasteiger partial charge is 0.158 e. The molecule has 0 aromatic rings. The Morgan fingerprint density at radius 3 is 2.86 bits per heavy atom. The Hall–Kier alpha value is -1.51. The van der Waals surface area contributed by atoms with Crippen molar-refractivity contribution in [3.05, 3.63) is 21.4 Å². The van der Waals surface area contributed by atoms with Gasteiger partial charge in [-0.25, -0.2) is 10.0 Å². The van der Waals surface area contributed by atoms with Crippen molar-refractivity contribution in [1.82, 2.24) is 9.91 Å². The number of halogens is 1. The number of ketones is 1. The number of nitrogens with two attached hydrogens (primary N) is 1. The summed E-state index contributed by atoms with van der Waals surface area (Å²) in [4.78, 5) is 18.4. The van der Waals surface area contributed by atoms with Gasteiger partial charge in [0.1, 0.15) is 12.0 Å². The molecule has 3 aliphatic heterocycles. The van der Waals surface area contributed by atoms with E-state index < -0.39 is 0 Å². The maximum atomic E-state index is 12.1. The molecule has 0 bridgehead atoms. The van der Waals surface area contributed by atoms with Crippen molar-refractivity contribution in [2.45, 2.75) is 13.3 Å². The third-order valence-corrected chi connectivity index (χ3v) is 4.57. The molecule has 0 spiro atoms. The summed E-state index contributed by atoms with van der Waals surface area (Å²) >= 11 is 3.52. The minimum absolute atomic E-state index is 0.0514. The van der Waals surface area contributed by atoms with E-state index in [0.29, 0.717) is 32.0 Å². The topological polar surface area (TPSA) is 83.5 Å². The largest absolute Gasteiger partial charge is 0.382 e. The van der Waals surface area contributed by atoms with Crippen molar-refractivity contribution in [3.8, 4) is 0 Å². The molecule has 0 aliphatic carbocycles. The predicted octanol–water partition coefficient (Wildman–Crippen LogP) is 0.788. The molecule has 0 aromatic carbocycles. The number of carbonyl (C=O) groups excluding carboxylic acids is 1. The summed E-state index contributed by atoms with van der Waals surface area (Å²) < 4.78 is 6.21. The molecule has 1 saturated heterocycles. The third-order valence-electron chi connectivity index (χ3n) is 3.91. The summed E-state index contributed by atoms with van der Waals surface area (Å²) in [5.41, 5.74) is 8.35. The number of rotatable bonds is 3. The number of ether oxygens (including phenoxy) is 1. The number of allylic oxidation sites excluding steroid dienone is 2. The van der Waals surface area contributed by atoms with Gasteiger partial charge in [-0.15, -0.1) is 0 Å². The molecule has 2 N–H and O–H groups in total. The second-order valence-corrected chi connectivity index (χ2v) is 6.31. The van der Waals surface area contributed by atoms with Gasteiger partial charge in [0.2, 0.25) is 0 Å². The Balaban J connectivity index is 1.95. The molecular weight excluding hydrogens is 350 g/mol. The van der Waals surface area contributed by atoms with Crippen LogP contribution in [-0.4, -0.2) is 60.7 Å². The van der Waals surface area contributed by atoms with E-state index in [1.54, 1.807) is 11.9 Å². The standard InChI is InChI=1S/C14H18BrN5O2/c1-9(21)10-6-11(15)13-14(16)17-8-18-20(13)12(10)7-19-2-4-22-5-3-19/h8H,2-7H2,1H3,(H2,16,17,18). The van der Waals surface area contributed by atoms with E-state index in [-0.39, 0.29) is 5.78 Å². The van der Waals surface area contributed by atoms with Crippen LogP contribution in [-0.2, 0) is 9.53 Å². The number of carbonyl (C=O) groups is 1. The summed E-state index contributed by atoms with van der Waals surface area (Å²) in [6, 6.07) is 0. The average Bonchev–Trinajstić information content (AvgIpc) is 2.50. The van der Waals surface area contributed by atoms with Gasteiger partial charge in [-0.05, 0) is 6.92 Å². The minimum Gasteiger partial charge on any atom is -0.382 e. The number of hydrazone groups is 1. The van der Waals surface area contributed by atoms with Crippen molar-refractivity contribution in [2.24, 2.45) is 15.8 Å². The number of hydrogen-bond donors (Lipinski definition) is 1. The molecule has 0 radical (unpaired) electrons. The molecule has 118 valence electrons. The Kier molecular flexibility index (Phi) is 4.42. The van der Waals surface area contributed by atoms with E-state index in [1.165, 1.54) is 6.34 Å². The number of morpholine rings is 1. The van der Waals surface area contributed by atoms with E-state index in [1.807, 2.05) is 0 Å². The first-order chi connectivity index (χ1) is 10.6. The fraction of sp³-hybridized carbons (Fsp3) is 0.500. The summed E-state index contributed by atoms with van der Waals surface area (Å²) in [6.45, 7) is 5.34. The second-order valence-electron chi connectivity index (χ2n) is 5.36. The molecule has 0 amide bonds. The Bertz CT molecular complexity index is 617. The van der Waals surface area contributed by atoms with E-state index in [9.17, 15) is 4.79 Å². The van der Waals surface area contributed by atoms with Gasteiger partial charge in [0.05, 0.1) is 18.9 Å². The van der Waals surface area contributed by atoms with Crippen LogP contribution >= 0.6 is 15.9 Å². The Morgan fingerprint density at radius 1 is 1.45 bits per heavy atom. The molecule has 3 rings (SSSR count). The van der Waals surface area contributed by atoms with Gasteiger partial charge >= 0.3 is 0 Å². The Morgan fingerprint density at radius 2 is 2.18 bits per heavy atom. The van der Waals surface area contributed by atoms with Crippen LogP contribution in [0.5, 0.6) is 0 Å². The summed E-state index contributed by atoms with van der Waals surface area (Å²) in [7, 11) is 0. The molecular formula is C14H18BrN5O2. The van der Waals surface area contributed by atoms with Crippen LogP contribution in [0.2, 0.25) is 0 Å². The fourth-order valence-electron chi connectivity index (χ4n) is 2.76. The van der Waals surface area contributed by atoms with Crippen LogP contribution in [0.1, 0.15) is 13.3 Å². The molecule has 7 nitrogen and oxygen atoms in total. The zero-order chi connectivity index (χ0) is 15.7. The van der Waals surface area contributed by atoms with Gasteiger partial charge in [0.25, 0.3) is 0 Å². The molecule has 0 aromatic heterocycles. The van der Waals surface area contributed by atoms with Crippen molar-refractivity contribution >= 4 is 33.9 Å². The highest BCUT2D eigenvalue weighted by Gasteiger charge is 2.32. The van der Waals surface area contributed by atoms with Crippen LogP contribution in [0.4, 0.5) is 0 Å². The lowest BCUT2D eigenvalue weighted by molar-refractivity contribution is -0.113. The molecule has 1 fully saturated rings. The van der Waals surface area contributed by atoms with Crippen LogP contribution in [0.15, 0.2) is 31.5 Å². The fourth-order valence-corrected chi connectivity index (χ4v) is 3.41. The lowest BCUT2D eigenvalue weighted by Crippen LogP contribution is -2.43. The van der Waals surface area contributed by atoms with Crippen molar-refractivity contribution in [2.75, 3.05) is 32.8 Å². The molecule has 0 unspecified atom stereocenters. The number of Topliss-reactive ketones (excluding diaryl/α,β-unsaturated/α-hetero) is 1. The quantitative estimate of drug-likeness (QED) is 0.796. The molecule has 8 heteroatoms. The minimum atomic E-state index is 0.0514. The van der Waals surface area contributed by atoms with Crippen LogP contribution in [0, 0.1) is 0 Å². The van der Waals surface area contributed by atoms with E-state index >= 15 is 0 Å². The number of hydrogen-bond acceptors (Lipinski definition) is 7. The molecule has 0 saturated carbocycles. The normalized spacial score (nSPS) is 22.8. The van der Waals surface area contributed by atoms with Gasteiger partial charge in [-0.3, -0.25) is 9.69 Å². The highest BCUT2D eigenvalue weighted by atomic mass is 79.9. The van der Waals surface area contributed by atoms with E-state index in [4.69, 9.17) is 10.5 Å². The second kappa shape index (κ2) is 6.31. The van der Waals surface area contributed by atoms with Crippen molar-refractivity contribution in [1.29, 1.82) is 0 Å².